The Balaban J connectivity index is 0.963. The molecule has 0 radical (unpaired) electrons. The minimum atomic E-state index is -4.45. The maximum atomic E-state index is 14.2. The molecule has 0 unspecified atom stereocenters. The first-order chi connectivity index (χ1) is 30.3. The third-order valence-corrected chi connectivity index (χ3v) is 14.6. The van der Waals surface area contributed by atoms with Crippen molar-refractivity contribution in [1.29, 1.82) is 0 Å². The normalized spacial score (nSPS) is 19.7. The van der Waals surface area contributed by atoms with E-state index in [0.29, 0.717) is 40.5 Å². The maximum absolute atomic E-state index is 14.2. The van der Waals surface area contributed by atoms with Crippen LogP contribution in [0.4, 0.5) is 17.1 Å². The largest absolute Gasteiger partial charge is 0.393 e. The summed E-state index contributed by atoms with van der Waals surface area (Å²) in [6.45, 7) is 9.35. The number of aliphatic hydroxyl groups is 1. The SMILES string of the molecule is CC1(C)CCC(CN2CCN(c3ccc(C(=O)NS(=O)(=O)c4ccc(NCC5CCC(O)CC5)c(N=O)c4)c(-n4[nH]cc5nc6nccc6cc54)c3)CC2)=C(c2ccc(Cl)cc2)C1. The van der Waals surface area contributed by atoms with Crippen molar-refractivity contribution in [3.8, 4) is 5.69 Å². The van der Waals surface area contributed by atoms with Gasteiger partial charge in [-0.25, -0.2) is 23.1 Å². The number of nitroso groups, excluding NO2 is 1. The van der Waals surface area contributed by atoms with E-state index in [1.54, 1.807) is 23.1 Å². The van der Waals surface area contributed by atoms with Crippen LogP contribution in [-0.2, 0) is 10.0 Å². The number of hydrogen-bond acceptors (Lipinski definition) is 11. The Hall–Kier alpha value is -5.61. The number of piperazine rings is 1. The van der Waals surface area contributed by atoms with E-state index in [9.17, 15) is 23.2 Å². The summed E-state index contributed by atoms with van der Waals surface area (Å²) in [6.07, 6.45) is 9.51. The van der Waals surface area contributed by atoms with Gasteiger partial charge in [-0.2, -0.15) is 0 Å². The van der Waals surface area contributed by atoms with Gasteiger partial charge in [-0.1, -0.05) is 43.2 Å². The zero-order chi connectivity index (χ0) is 43.9. The lowest BCUT2D eigenvalue weighted by molar-refractivity contribution is 0.0981. The van der Waals surface area contributed by atoms with Gasteiger partial charge in [0.15, 0.2) is 5.65 Å². The predicted octanol–water partition coefficient (Wildman–Crippen LogP) is 8.82. The Morgan fingerprint density at radius 3 is 2.52 bits per heavy atom. The lowest BCUT2D eigenvalue weighted by Crippen LogP contribution is -2.47. The molecule has 4 N–H and O–H groups in total. The monoisotopic (exact) mass is 889 g/mol. The Labute approximate surface area is 371 Å². The molecule has 2 fully saturated rings. The fourth-order valence-corrected chi connectivity index (χ4v) is 10.5. The van der Waals surface area contributed by atoms with Gasteiger partial charge in [0.1, 0.15) is 11.2 Å². The van der Waals surface area contributed by atoms with Gasteiger partial charge < -0.3 is 15.3 Å². The van der Waals surface area contributed by atoms with Crippen molar-refractivity contribution in [2.45, 2.75) is 69.8 Å². The zero-order valence-electron chi connectivity index (χ0n) is 35.5. The Kier molecular flexibility index (Phi) is 11.9. The number of hydrogen-bond donors (Lipinski definition) is 4. The summed E-state index contributed by atoms with van der Waals surface area (Å²) in [4.78, 5) is 39.7. The van der Waals surface area contributed by atoms with Gasteiger partial charge in [0.25, 0.3) is 15.9 Å². The second kappa shape index (κ2) is 17.5. The van der Waals surface area contributed by atoms with E-state index < -0.39 is 15.9 Å². The number of nitrogens with one attached hydrogen (secondary N) is 3. The van der Waals surface area contributed by atoms with Gasteiger partial charge in [0.05, 0.1) is 33.5 Å². The molecule has 328 valence electrons. The summed E-state index contributed by atoms with van der Waals surface area (Å²) < 4.78 is 31.6. The average molecular weight is 891 g/mol. The standard InChI is InChI=1S/C47H52ClN9O5S/c1-47(2)17-15-33(39(26-47)31-5-7-34(48)8-6-31)29-55-19-21-56(22-20-55)35-9-13-38(43(24-35)57-44-23-32-16-18-49-45(32)52-42(44)28-51-57)46(59)54-63(61,62)37-12-14-40(41(25-37)53-60)50-27-30-3-10-36(58)11-4-30/h5-9,12-14,16,18,23-25,28,30,36,50-51,58H,3-4,10-11,15,17,19-22,26-27,29H2,1-2H3,(H,54,59). The number of rotatable bonds is 12. The first-order valence-corrected chi connectivity index (χ1v) is 23.6. The number of allylic oxidation sites excluding steroid dienone is 1. The number of aromatic amines is 1. The molecule has 1 aliphatic heterocycles. The van der Waals surface area contributed by atoms with Crippen LogP contribution in [0.3, 0.4) is 0 Å². The van der Waals surface area contributed by atoms with Crippen molar-refractivity contribution in [3.63, 3.8) is 0 Å². The van der Waals surface area contributed by atoms with E-state index in [1.165, 1.54) is 34.9 Å². The second-order valence-electron chi connectivity index (χ2n) is 18.0. The lowest BCUT2D eigenvalue weighted by Gasteiger charge is -2.39. The highest BCUT2D eigenvalue weighted by Crippen LogP contribution is 2.43. The number of carbonyl (C=O) groups excluding carboxylic acids is 1. The van der Waals surface area contributed by atoms with Crippen molar-refractivity contribution in [2.24, 2.45) is 16.5 Å². The number of amides is 1. The lowest BCUT2D eigenvalue weighted by atomic mass is 9.72. The molecule has 9 rings (SSSR count). The molecule has 0 spiro atoms. The highest BCUT2D eigenvalue weighted by atomic mass is 35.5. The van der Waals surface area contributed by atoms with Crippen LogP contribution in [0.2, 0.25) is 5.02 Å². The van der Waals surface area contributed by atoms with Gasteiger partial charge in [0, 0.05) is 67.8 Å². The number of nitrogens with zero attached hydrogens (tertiary/aromatic N) is 6. The number of pyridine rings is 1. The molecule has 1 amide bonds. The Bertz CT molecular complexity index is 2820. The van der Waals surface area contributed by atoms with Gasteiger partial charge in [-0.3, -0.25) is 19.5 Å². The first-order valence-electron chi connectivity index (χ1n) is 21.7. The molecule has 3 aromatic carbocycles. The molecule has 0 atom stereocenters. The number of carbonyl (C=O) groups is 1. The number of fused-ring (bicyclic) bond motifs is 2. The van der Waals surface area contributed by atoms with E-state index in [0.717, 1.165) is 93.8 Å². The van der Waals surface area contributed by atoms with E-state index in [4.69, 9.17) is 16.6 Å². The van der Waals surface area contributed by atoms with E-state index in [2.05, 4.69) is 61.1 Å². The molecule has 1 saturated carbocycles. The smallest absolute Gasteiger partial charge is 0.267 e. The molecule has 1 saturated heterocycles. The van der Waals surface area contributed by atoms with Crippen molar-refractivity contribution < 1.29 is 18.3 Å². The molecular weight excluding hydrogens is 838 g/mol. The number of aromatic nitrogens is 4. The molecule has 0 bridgehead atoms. The summed E-state index contributed by atoms with van der Waals surface area (Å²) in [7, 11) is -4.45. The Morgan fingerprint density at radius 1 is 0.984 bits per heavy atom. The molecule has 14 nitrogen and oxygen atoms in total. The average Bonchev–Trinajstić information content (AvgIpc) is 3.92. The van der Waals surface area contributed by atoms with Gasteiger partial charge in [0.2, 0.25) is 0 Å². The fourth-order valence-electron chi connectivity index (χ4n) is 9.35. The number of aliphatic hydroxyl groups excluding tert-OH is 1. The molecule has 63 heavy (non-hydrogen) atoms. The molecule has 4 heterocycles. The minimum Gasteiger partial charge on any atom is -0.393 e. The van der Waals surface area contributed by atoms with Crippen LogP contribution in [0.25, 0.3) is 33.3 Å². The molecule has 2 aliphatic carbocycles. The highest BCUT2D eigenvalue weighted by molar-refractivity contribution is 7.90. The van der Waals surface area contributed by atoms with Crippen LogP contribution in [-0.4, -0.2) is 89.5 Å². The van der Waals surface area contributed by atoms with Crippen LogP contribution >= 0.6 is 11.6 Å². The fraction of sp³-hybridized carbons (Fsp3) is 0.383. The quantitative estimate of drug-likeness (QED) is 0.0869. The molecule has 6 aromatic rings. The van der Waals surface area contributed by atoms with Crippen LogP contribution in [0.5, 0.6) is 0 Å². The summed E-state index contributed by atoms with van der Waals surface area (Å²) in [5.74, 6) is -0.533. The highest BCUT2D eigenvalue weighted by Gasteiger charge is 2.30. The first kappa shape index (κ1) is 42.7. The summed E-state index contributed by atoms with van der Waals surface area (Å²) >= 11 is 6.26. The number of anilines is 2. The summed E-state index contributed by atoms with van der Waals surface area (Å²) in [5.41, 5.74) is 8.04. The number of H-pyrrole nitrogens is 1. The van der Waals surface area contributed by atoms with Gasteiger partial charge in [-0.05, 0) is 133 Å². The number of sulfonamides is 1. The van der Waals surface area contributed by atoms with Gasteiger partial charge >= 0.3 is 0 Å². The van der Waals surface area contributed by atoms with E-state index >= 15 is 0 Å². The van der Waals surface area contributed by atoms with Gasteiger partial charge in [-0.15, -0.1) is 4.91 Å². The van der Waals surface area contributed by atoms with Crippen molar-refractivity contribution >= 4 is 72.2 Å². The molecule has 3 aromatic heterocycles. The summed E-state index contributed by atoms with van der Waals surface area (Å²) in [6, 6.07) is 21.4. The van der Waals surface area contributed by atoms with Crippen LogP contribution in [0.1, 0.15) is 74.7 Å². The number of halogens is 1. The molecule has 16 heteroatoms. The van der Waals surface area contributed by atoms with Crippen LogP contribution in [0.15, 0.2) is 101 Å². The molecule has 3 aliphatic rings. The summed E-state index contributed by atoms with van der Waals surface area (Å²) in [5, 5.41) is 21.0. The van der Waals surface area contributed by atoms with Crippen molar-refractivity contribution in [3.05, 3.63) is 112 Å². The van der Waals surface area contributed by atoms with Crippen molar-refractivity contribution in [1.82, 2.24) is 29.4 Å². The molecular formula is C47H52ClN9O5S. The topological polar surface area (TPSA) is 178 Å². The van der Waals surface area contributed by atoms with Crippen LogP contribution in [0, 0.1) is 16.2 Å². The zero-order valence-corrected chi connectivity index (χ0v) is 37.1. The third kappa shape index (κ3) is 9.24. The minimum absolute atomic E-state index is 0.0815. The van der Waals surface area contributed by atoms with E-state index in [1.807, 2.05) is 36.4 Å². The van der Waals surface area contributed by atoms with Crippen molar-refractivity contribution in [2.75, 3.05) is 49.5 Å². The van der Waals surface area contributed by atoms with Crippen LogP contribution < -0.4 is 14.9 Å². The third-order valence-electron chi connectivity index (χ3n) is 13.1. The van der Waals surface area contributed by atoms with E-state index in [-0.39, 0.29) is 27.7 Å². The Morgan fingerprint density at radius 2 is 1.76 bits per heavy atom. The number of benzene rings is 3. The predicted molar refractivity (Wildman–Crippen MR) is 248 cm³/mol. The maximum Gasteiger partial charge on any atom is 0.267 e. The second-order valence-corrected chi connectivity index (χ2v) is 20.1.